The lowest BCUT2D eigenvalue weighted by atomic mass is 10.2. The molecule has 4 heterocycles. The van der Waals surface area contributed by atoms with Crippen molar-refractivity contribution >= 4 is 11.5 Å². The lowest BCUT2D eigenvalue weighted by molar-refractivity contribution is 0.522. The van der Waals surface area contributed by atoms with E-state index in [-0.39, 0.29) is 0 Å². The number of hydrogen-bond acceptors (Lipinski definition) is 6. The van der Waals surface area contributed by atoms with Crippen molar-refractivity contribution in [1.82, 2.24) is 34.8 Å². The number of nitrogens with one attached hydrogen (secondary N) is 1. The smallest absolute Gasteiger partial charge is 0.200 e. The second-order valence-corrected chi connectivity index (χ2v) is 5.22. The summed E-state index contributed by atoms with van der Waals surface area (Å²) in [7, 11) is 0. The van der Waals surface area contributed by atoms with Gasteiger partial charge in [0, 0.05) is 32.1 Å². The monoisotopic (exact) mass is 284 g/mol. The van der Waals surface area contributed by atoms with Crippen LogP contribution in [0, 0.1) is 0 Å². The highest BCUT2D eigenvalue weighted by Gasteiger charge is 2.11. The Morgan fingerprint density at radius 1 is 1.24 bits per heavy atom. The van der Waals surface area contributed by atoms with E-state index in [1.54, 1.807) is 0 Å². The molecule has 4 rings (SSSR count). The van der Waals surface area contributed by atoms with E-state index < -0.39 is 0 Å². The summed E-state index contributed by atoms with van der Waals surface area (Å²) in [6, 6.07) is 3.72. The van der Waals surface area contributed by atoms with Gasteiger partial charge in [0.05, 0.1) is 5.69 Å². The molecule has 0 radical (unpaired) electrons. The molecular weight excluding hydrogens is 268 g/mol. The van der Waals surface area contributed by atoms with Gasteiger partial charge in [0.15, 0.2) is 5.65 Å². The SMILES string of the molecule is c1cc2nnnn2nc1NCCc1cn2c(n1)CCCC2. The van der Waals surface area contributed by atoms with Crippen molar-refractivity contribution in [3.63, 3.8) is 0 Å². The first-order valence-electron chi connectivity index (χ1n) is 7.23. The van der Waals surface area contributed by atoms with E-state index >= 15 is 0 Å². The van der Waals surface area contributed by atoms with Gasteiger partial charge in [-0.05, 0) is 35.4 Å². The molecule has 8 nitrogen and oxygen atoms in total. The fraction of sp³-hybridized carbons (Fsp3) is 0.462. The molecule has 0 saturated carbocycles. The van der Waals surface area contributed by atoms with Crippen molar-refractivity contribution in [1.29, 1.82) is 0 Å². The molecule has 0 aromatic carbocycles. The molecule has 3 aromatic rings. The number of anilines is 1. The minimum Gasteiger partial charge on any atom is -0.368 e. The number of aromatic nitrogens is 7. The van der Waals surface area contributed by atoms with Crippen LogP contribution in [0.25, 0.3) is 5.65 Å². The minimum absolute atomic E-state index is 0.641. The number of fused-ring (bicyclic) bond motifs is 2. The fourth-order valence-corrected chi connectivity index (χ4v) is 2.65. The van der Waals surface area contributed by atoms with Crippen LogP contribution in [0.4, 0.5) is 5.82 Å². The minimum atomic E-state index is 0.641. The van der Waals surface area contributed by atoms with Gasteiger partial charge < -0.3 is 9.88 Å². The summed E-state index contributed by atoms with van der Waals surface area (Å²) in [5.74, 6) is 1.99. The number of rotatable bonds is 4. The summed E-state index contributed by atoms with van der Waals surface area (Å²) in [5, 5.41) is 18.7. The highest BCUT2D eigenvalue weighted by Crippen LogP contribution is 2.14. The van der Waals surface area contributed by atoms with Crippen LogP contribution < -0.4 is 5.32 Å². The van der Waals surface area contributed by atoms with Crippen LogP contribution in [0.2, 0.25) is 0 Å². The molecule has 0 spiro atoms. The second-order valence-electron chi connectivity index (χ2n) is 5.22. The van der Waals surface area contributed by atoms with Gasteiger partial charge in [-0.2, -0.15) is 0 Å². The molecular formula is C13H16N8. The van der Waals surface area contributed by atoms with Gasteiger partial charge in [0.1, 0.15) is 11.6 Å². The van der Waals surface area contributed by atoms with Gasteiger partial charge in [0.25, 0.3) is 0 Å². The summed E-state index contributed by atoms with van der Waals surface area (Å²) < 4.78 is 3.70. The molecule has 0 amide bonds. The number of aryl methyl sites for hydroxylation is 2. The van der Waals surface area contributed by atoms with Crippen molar-refractivity contribution in [2.24, 2.45) is 0 Å². The summed E-state index contributed by atoms with van der Waals surface area (Å²) in [5.41, 5.74) is 1.78. The van der Waals surface area contributed by atoms with Crippen LogP contribution in [0.1, 0.15) is 24.4 Å². The van der Waals surface area contributed by atoms with Crippen molar-refractivity contribution in [2.45, 2.75) is 32.2 Å². The first-order valence-corrected chi connectivity index (χ1v) is 7.23. The fourth-order valence-electron chi connectivity index (χ4n) is 2.65. The molecule has 108 valence electrons. The molecule has 8 heteroatoms. The molecule has 0 bridgehead atoms. The van der Waals surface area contributed by atoms with Crippen molar-refractivity contribution < 1.29 is 0 Å². The third kappa shape index (κ3) is 2.44. The molecule has 1 N–H and O–H groups in total. The largest absolute Gasteiger partial charge is 0.368 e. The Labute approximate surface area is 121 Å². The van der Waals surface area contributed by atoms with Crippen molar-refractivity contribution in [2.75, 3.05) is 11.9 Å². The molecule has 1 aliphatic rings. The van der Waals surface area contributed by atoms with Crippen molar-refractivity contribution in [3.05, 3.63) is 29.8 Å². The molecule has 0 fully saturated rings. The zero-order valence-corrected chi connectivity index (χ0v) is 11.6. The van der Waals surface area contributed by atoms with E-state index in [4.69, 9.17) is 0 Å². The first-order chi connectivity index (χ1) is 10.4. The van der Waals surface area contributed by atoms with Gasteiger partial charge in [-0.25, -0.2) is 4.98 Å². The van der Waals surface area contributed by atoms with Gasteiger partial charge in [-0.1, -0.05) is 0 Å². The van der Waals surface area contributed by atoms with E-state index in [9.17, 15) is 0 Å². The first kappa shape index (κ1) is 12.2. The predicted octanol–water partition coefficient (Wildman–Crippen LogP) is 0.707. The van der Waals surface area contributed by atoms with E-state index in [0.29, 0.717) is 5.65 Å². The predicted molar refractivity (Wildman–Crippen MR) is 75.9 cm³/mol. The number of imidazole rings is 1. The normalized spacial score (nSPS) is 14.3. The van der Waals surface area contributed by atoms with Crippen LogP contribution in [0.15, 0.2) is 18.3 Å². The quantitative estimate of drug-likeness (QED) is 0.759. The maximum absolute atomic E-state index is 4.69. The Balaban J connectivity index is 1.39. The Morgan fingerprint density at radius 2 is 2.24 bits per heavy atom. The average Bonchev–Trinajstić information content (AvgIpc) is 3.12. The van der Waals surface area contributed by atoms with Gasteiger partial charge in [-0.15, -0.1) is 14.8 Å². The van der Waals surface area contributed by atoms with Crippen LogP contribution in [0.3, 0.4) is 0 Å². The highest BCUT2D eigenvalue weighted by atomic mass is 15.6. The topological polar surface area (TPSA) is 85.8 Å². The Morgan fingerprint density at radius 3 is 3.19 bits per heavy atom. The molecule has 3 aromatic heterocycles. The Bertz CT molecular complexity index is 735. The standard InChI is InChI=1S/C13H16N8/c1-2-8-20-9-10(15-12(20)3-1)6-7-14-11-4-5-13-16-18-19-21(13)17-11/h4-5,9H,1-3,6-8H2,(H,14,17). The molecule has 1 aliphatic heterocycles. The summed E-state index contributed by atoms with van der Waals surface area (Å²) >= 11 is 0. The van der Waals surface area contributed by atoms with Crippen LogP contribution in [0.5, 0.6) is 0 Å². The lowest BCUT2D eigenvalue weighted by Crippen LogP contribution is -2.09. The van der Waals surface area contributed by atoms with E-state index in [1.807, 2.05) is 12.1 Å². The molecule has 21 heavy (non-hydrogen) atoms. The number of tetrazole rings is 1. The summed E-state index contributed by atoms with van der Waals surface area (Å²) in [6.07, 6.45) is 6.68. The lowest BCUT2D eigenvalue weighted by Gasteiger charge is -2.11. The maximum Gasteiger partial charge on any atom is 0.200 e. The molecule has 0 unspecified atom stereocenters. The molecule has 0 saturated heterocycles. The summed E-state index contributed by atoms with van der Waals surface area (Å²) in [6.45, 7) is 1.89. The van der Waals surface area contributed by atoms with Crippen LogP contribution in [-0.4, -0.2) is 41.4 Å². The number of nitrogens with zero attached hydrogens (tertiary/aromatic N) is 7. The van der Waals surface area contributed by atoms with E-state index in [2.05, 4.69) is 41.7 Å². The average molecular weight is 284 g/mol. The number of hydrogen-bond donors (Lipinski definition) is 1. The second kappa shape index (κ2) is 5.12. The van der Waals surface area contributed by atoms with Crippen LogP contribution >= 0.6 is 0 Å². The van der Waals surface area contributed by atoms with E-state index in [1.165, 1.54) is 23.3 Å². The maximum atomic E-state index is 4.69. The van der Waals surface area contributed by atoms with Crippen LogP contribution in [-0.2, 0) is 19.4 Å². The van der Waals surface area contributed by atoms with Gasteiger partial charge >= 0.3 is 0 Å². The molecule has 0 atom stereocenters. The van der Waals surface area contributed by atoms with E-state index in [0.717, 1.165) is 37.4 Å². The Hall–Kier alpha value is -2.51. The zero-order valence-electron chi connectivity index (χ0n) is 11.6. The Kier molecular flexibility index (Phi) is 2.98. The zero-order chi connectivity index (χ0) is 14.1. The highest BCUT2D eigenvalue weighted by molar-refractivity contribution is 5.42. The van der Waals surface area contributed by atoms with Gasteiger partial charge in [0.2, 0.25) is 0 Å². The summed E-state index contributed by atoms with van der Waals surface area (Å²) in [4.78, 5) is 4.69. The molecule has 0 aliphatic carbocycles. The van der Waals surface area contributed by atoms with Crippen molar-refractivity contribution in [3.8, 4) is 0 Å². The van der Waals surface area contributed by atoms with Gasteiger partial charge in [-0.3, -0.25) is 0 Å². The third-order valence-electron chi connectivity index (χ3n) is 3.72. The third-order valence-corrected chi connectivity index (χ3v) is 3.72.